The number of Topliss-reactive ketones (excluding diaryl/α,β-unsaturated/α-hetero) is 1. The van der Waals surface area contributed by atoms with Crippen LogP contribution in [0.1, 0.15) is 144 Å². The Labute approximate surface area is 428 Å². The number of cyclic esters (lactones) is 1. The summed E-state index contributed by atoms with van der Waals surface area (Å²) in [6.45, 7) is 11.1. The third-order valence-electron chi connectivity index (χ3n) is 18.4. The lowest BCUT2D eigenvalue weighted by Crippen LogP contribution is -2.51. The van der Waals surface area contributed by atoms with Crippen LogP contribution in [0.2, 0.25) is 0 Å². The van der Waals surface area contributed by atoms with Crippen LogP contribution in [0.25, 0.3) is 22.3 Å². The first-order valence-electron chi connectivity index (χ1n) is 27.2. The van der Waals surface area contributed by atoms with E-state index in [1.807, 2.05) is 36.1 Å². The molecule has 13 nitrogen and oxygen atoms in total. The molecule has 2 saturated carbocycles. The van der Waals surface area contributed by atoms with Gasteiger partial charge < -0.3 is 28.7 Å². The number of allylic oxidation sites excluding steroid dienone is 4. The Morgan fingerprint density at radius 3 is 2.42 bits per heavy atom. The van der Waals surface area contributed by atoms with Crippen LogP contribution in [-0.2, 0) is 43.5 Å². The number of anilines is 1. The van der Waals surface area contributed by atoms with Gasteiger partial charge in [0, 0.05) is 81.1 Å². The van der Waals surface area contributed by atoms with Crippen LogP contribution in [0.4, 0.5) is 10.5 Å². The summed E-state index contributed by atoms with van der Waals surface area (Å²) in [5.41, 5.74) is 12.0. The number of piperazine rings is 1. The van der Waals surface area contributed by atoms with Crippen molar-refractivity contribution in [3.63, 3.8) is 0 Å². The number of nitrogens with zero attached hydrogens (tertiary/aromatic N) is 5. The van der Waals surface area contributed by atoms with Gasteiger partial charge in [0.05, 0.1) is 34.9 Å². The molecule has 0 N–H and O–H groups in total. The fourth-order valence-corrected chi connectivity index (χ4v) is 14.6. The lowest BCUT2D eigenvalue weighted by atomic mass is 9.51. The Morgan fingerprint density at radius 2 is 1.67 bits per heavy atom. The number of benzene rings is 2. The smallest absolute Gasteiger partial charge is 0.415 e. The molecule has 3 aliphatic heterocycles. The Bertz CT molecular complexity index is 3070. The van der Waals surface area contributed by atoms with Crippen LogP contribution in [0.3, 0.4) is 0 Å². The van der Waals surface area contributed by atoms with Crippen LogP contribution in [0.15, 0.2) is 76.1 Å². The van der Waals surface area contributed by atoms with E-state index in [1.54, 1.807) is 28.0 Å². The average molecular weight is 988 g/mol. The lowest BCUT2D eigenvalue weighted by Gasteiger charge is -2.52. The maximum absolute atomic E-state index is 13.7. The number of carbonyl (C=O) groups is 5. The van der Waals surface area contributed by atoms with Crippen molar-refractivity contribution in [3.8, 4) is 17.1 Å². The summed E-state index contributed by atoms with van der Waals surface area (Å²) in [5.74, 6) is 1.70. The molecule has 11 rings (SSSR count). The zero-order chi connectivity index (χ0) is 50.9. The van der Waals surface area contributed by atoms with Gasteiger partial charge >= 0.3 is 12.1 Å². The minimum atomic E-state index is -0.476. The normalized spacial score (nSPS) is 25.0. The number of fused-ring (bicyclic) bond motifs is 9. The molecule has 2 aromatic heterocycles. The zero-order valence-electron chi connectivity index (χ0n) is 43.2. The predicted octanol–water partition coefficient (Wildman–Crippen LogP) is 9.98. The van der Waals surface area contributed by atoms with Crippen molar-refractivity contribution in [2.75, 3.05) is 44.7 Å². The van der Waals surface area contributed by atoms with Gasteiger partial charge in [0.2, 0.25) is 5.91 Å². The molecule has 6 atom stereocenters. The van der Waals surface area contributed by atoms with Crippen molar-refractivity contribution >= 4 is 46.1 Å². The number of hydrogen-bond donors (Lipinski definition) is 0. The highest BCUT2D eigenvalue weighted by molar-refractivity contribution is 5.93. The van der Waals surface area contributed by atoms with Crippen LogP contribution in [-0.4, -0.2) is 88.7 Å². The molecule has 13 heteroatoms. The Morgan fingerprint density at radius 1 is 0.890 bits per heavy atom. The number of carbonyl (C=O) groups excluding carboxylic acids is 5. The molecule has 73 heavy (non-hydrogen) atoms. The molecule has 2 aromatic carbocycles. The molecule has 0 bridgehead atoms. The summed E-state index contributed by atoms with van der Waals surface area (Å²) in [6.07, 6.45) is 12.4. The van der Waals surface area contributed by atoms with Crippen LogP contribution in [0, 0.1) is 23.2 Å². The Balaban J connectivity index is 0.660. The molecular formula is C60H69N5O8. The third-order valence-corrected chi connectivity index (χ3v) is 18.4. The number of esters is 1. The van der Waals surface area contributed by atoms with Gasteiger partial charge in [0.25, 0.3) is 5.56 Å². The van der Waals surface area contributed by atoms with E-state index in [0.717, 1.165) is 103 Å². The van der Waals surface area contributed by atoms with Crippen molar-refractivity contribution in [1.29, 1.82) is 0 Å². The molecule has 0 unspecified atom stereocenters. The summed E-state index contributed by atoms with van der Waals surface area (Å²) in [4.78, 5) is 89.4. The molecule has 0 radical (unpaired) electrons. The van der Waals surface area contributed by atoms with Gasteiger partial charge in [-0.3, -0.25) is 24.0 Å². The second kappa shape index (κ2) is 19.5. The molecule has 5 heterocycles. The van der Waals surface area contributed by atoms with E-state index in [4.69, 9.17) is 14.5 Å². The van der Waals surface area contributed by atoms with E-state index in [-0.39, 0.29) is 47.1 Å². The number of amides is 2. The number of pyridine rings is 2. The van der Waals surface area contributed by atoms with Crippen molar-refractivity contribution in [2.24, 2.45) is 23.2 Å². The number of rotatable bonds is 12. The van der Waals surface area contributed by atoms with Crippen molar-refractivity contribution in [1.82, 2.24) is 19.4 Å². The number of hydrogen-bond acceptors (Lipinski definition) is 10. The van der Waals surface area contributed by atoms with E-state index in [2.05, 4.69) is 50.1 Å². The Kier molecular flexibility index (Phi) is 13.0. The molecule has 382 valence electrons. The molecule has 4 aliphatic carbocycles. The van der Waals surface area contributed by atoms with Crippen LogP contribution < -0.4 is 15.2 Å². The van der Waals surface area contributed by atoms with Crippen molar-refractivity contribution in [2.45, 2.75) is 136 Å². The summed E-state index contributed by atoms with van der Waals surface area (Å²) < 4.78 is 13.0. The fourth-order valence-electron chi connectivity index (χ4n) is 14.6. The summed E-state index contributed by atoms with van der Waals surface area (Å²) >= 11 is 0. The van der Waals surface area contributed by atoms with E-state index >= 15 is 0 Å². The van der Waals surface area contributed by atoms with Crippen molar-refractivity contribution in [3.05, 3.63) is 109 Å². The topological polar surface area (TPSA) is 148 Å². The van der Waals surface area contributed by atoms with Gasteiger partial charge in [-0.25, -0.2) is 9.78 Å². The fraction of sp³-hybridized carbons (Fsp3) is 0.517. The first-order valence-corrected chi connectivity index (χ1v) is 27.2. The largest absolute Gasteiger partial charge is 0.460 e. The van der Waals surface area contributed by atoms with E-state index in [9.17, 15) is 28.8 Å². The predicted molar refractivity (Wildman–Crippen MR) is 280 cm³/mol. The van der Waals surface area contributed by atoms with Crippen LogP contribution in [0.5, 0.6) is 5.75 Å². The molecule has 1 saturated heterocycles. The highest BCUT2D eigenvalue weighted by Gasteiger charge is 2.57. The number of ether oxygens (including phenoxy) is 2. The average Bonchev–Trinajstić information content (AvgIpc) is 3.95. The van der Waals surface area contributed by atoms with E-state index in [0.29, 0.717) is 93.0 Å². The van der Waals surface area contributed by atoms with Gasteiger partial charge in [-0.15, -0.1) is 0 Å². The van der Waals surface area contributed by atoms with Crippen LogP contribution >= 0.6 is 0 Å². The van der Waals surface area contributed by atoms with Crippen molar-refractivity contribution < 1.29 is 33.4 Å². The van der Waals surface area contributed by atoms with Gasteiger partial charge in [0.15, 0.2) is 5.78 Å². The summed E-state index contributed by atoms with van der Waals surface area (Å²) in [7, 11) is 2.13. The van der Waals surface area contributed by atoms with Gasteiger partial charge in [-0.2, -0.15) is 0 Å². The first kappa shape index (κ1) is 48.9. The summed E-state index contributed by atoms with van der Waals surface area (Å²) in [5, 5.41) is 0.864. The molecule has 3 fully saturated rings. The van der Waals surface area contributed by atoms with E-state index in [1.165, 1.54) is 16.7 Å². The number of aryl methyl sites for hydroxylation is 1. The molecule has 0 spiro atoms. The van der Waals surface area contributed by atoms with Gasteiger partial charge in [0.1, 0.15) is 18.1 Å². The number of unbranched alkanes of at least 4 members (excludes halogenated alkanes) is 2. The first-order chi connectivity index (χ1) is 35.3. The third kappa shape index (κ3) is 8.61. The minimum absolute atomic E-state index is 0.0136. The minimum Gasteiger partial charge on any atom is -0.460 e. The molecule has 2 amide bonds. The van der Waals surface area contributed by atoms with E-state index < -0.39 is 12.0 Å². The standard InChI is InChI=1S/C60H69N5O8/c1-6-41-46-30-40(18-23-52(46)61-56-48(41)33-65-53(56)31-45-42(7-2)58(70)72-34-49(45)57(65)69)73-59(71)64-27-25-63(26-28-64)54(68)11-9-8-10-24-62(5)38-15-12-36(13-16-38)47-32-60(4)50(35(3)66)21-22-51(60)44-19-14-37-29-39(67)17-20-43(37)55(44)47/h12-13,15-16,18,23,29-31,42,44,47,50-51H,6-11,14,17,19-22,24-28,32-34H2,1-5H3/t42-,44+,47-,50-,51+,60-/m1/s1. The highest BCUT2D eigenvalue weighted by Crippen LogP contribution is 2.65. The number of aromatic nitrogens is 2. The zero-order valence-corrected chi connectivity index (χ0v) is 43.2. The highest BCUT2D eigenvalue weighted by atomic mass is 16.6. The Hall–Kier alpha value is -6.37. The monoisotopic (exact) mass is 988 g/mol. The molecular weight excluding hydrogens is 919 g/mol. The lowest BCUT2D eigenvalue weighted by molar-refractivity contribution is -0.148. The maximum Gasteiger partial charge on any atom is 0.415 e. The number of ketones is 2. The summed E-state index contributed by atoms with van der Waals surface area (Å²) in [6, 6.07) is 16.5. The van der Waals surface area contributed by atoms with Gasteiger partial charge in [-0.05, 0) is 159 Å². The quantitative estimate of drug-likeness (QED) is 0.0874. The maximum atomic E-state index is 13.7. The van der Waals surface area contributed by atoms with Gasteiger partial charge in [-0.1, -0.05) is 44.9 Å². The second-order valence-corrected chi connectivity index (χ2v) is 22.3. The molecule has 4 aromatic rings. The second-order valence-electron chi connectivity index (χ2n) is 22.3. The SMILES string of the molecule is CCc1c2c(nc3ccc(OC(=O)N4CCN(C(=O)CCCCCN(C)c5ccc([C@H]6C[C@]7(C)[C@@H](C(C)=O)CC[C@H]7[C@@H]7CCC8=CC(=O)CCC8=C76)cc5)CC4)cc13)-c1cc3c(c(=O)n1C2)COC(=O)[C@@H]3CC. The molecule has 7 aliphatic rings.